The summed E-state index contributed by atoms with van der Waals surface area (Å²) >= 11 is 6.36. The van der Waals surface area contributed by atoms with Gasteiger partial charge in [0.2, 0.25) is 0 Å². The van der Waals surface area contributed by atoms with E-state index in [-0.39, 0.29) is 12.6 Å². The first-order valence-electron chi connectivity index (χ1n) is 8.22. The van der Waals surface area contributed by atoms with E-state index in [4.69, 9.17) is 21.1 Å². The van der Waals surface area contributed by atoms with E-state index in [9.17, 15) is 5.11 Å². The van der Waals surface area contributed by atoms with E-state index < -0.39 is 0 Å². The summed E-state index contributed by atoms with van der Waals surface area (Å²) in [5.41, 5.74) is 0.961. The highest BCUT2D eigenvalue weighted by Gasteiger charge is 2.26. The molecule has 0 saturated carbocycles. The summed E-state index contributed by atoms with van der Waals surface area (Å²) in [5.74, 6) is 1.17. The molecule has 130 valence electrons. The van der Waals surface area contributed by atoms with E-state index >= 15 is 0 Å². The van der Waals surface area contributed by atoms with Crippen LogP contribution in [-0.4, -0.2) is 68.0 Å². The van der Waals surface area contributed by atoms with Crippen LogP contribution in [0.2, 0.25) is 5.02 Å². The third-order valence-corrected chi connectivity index (χ3v) is 4.67. The zero-order chi connectivity index (χ0) is 16.8. The lowest BCUT2D eigenvalue weighted by molar-refractivity contribution is 0.0671. The normalized spacial score (nSPS) is 18.0. The quantitative estimate of drug-likeness (QED) is 0.824. The van der Waals surface area contributed by atoms with Gasteiger partial charge >= 0.3 is 0 Å². The van der Waals surface area contributed by atoms with E-state index in [1.165, 1.54) is 0 Å². The van der Waals surface area contributed by atoms with Crippen molar-refractivity contribution >= 4 is 11.6 Å². The number of piperazine rings is 1. The molecular weight excluding hydrogens is 316 g/mol. The van der Waals surface area contributed by atoms with Crippen molar-refractivity contribution < 1.29 is 14.6 Å². The minimum Gasteiger partial charge on any atom is -0.493 e. The van der Waals surface area contributed by atoms with Gasteiger partial charge in [-0.1, -0.05) is 18.5 Å². The van der Waals surface area contributed by atoms with Crippen molar-refractivity contribution in [2.45, 2.75) is 19.9 Å². The van der Waals surface area contributed by atoms with Gasteiger partial charge in [0.05, 0.1) is 31.4 Å². The third kappa shape index (κ3) is 4.29. The van der Waals surface area contributed by atoms with Gasteiger partial charge in [0.25, 0.3) is 0 Å². The molecule has 2 rings (SSSR count). The number of ether oxygens (including phenoxy) is 2. The highest BCUT2D eigenvalue weighted by atomic mass is 35.5. The average molecular weight is 343 g/mol. The van der Waals surface area contributed by atoms with Crippen molar-refractivity contribution in [3.05, 3.63) is 22.7 Å². The van der Waals surface area contributed by atoms with Crippen LogP contribution in [0.5, 0.6) is 11.5 Å². The Labute approximate surface area is 143 Å². The van der Waals surface area contributed by atoms with Gasteiger partial charge in [-0.2, -0.15) is 0 Å². The molecule has 1 heterocycles. The van der Waals surface area contributed by atoms with Crippen molar-refractivity contribution in [3.8, 4) is 11.5 Å². The van der Waals surface area contributed by atoms with Crippen LogP contribution in [-0.2, 0) is 0 Å². The van der Waals surface area contributed by atoms with Gasteiger partial charge in [-0.3, -0.25) is 4.90 Å². The molecule has 1 aliphatic heterocycles. The number of rotatable bonds is 7. The number of methoxy groups -OCH3 is 1. The summed E-state index contributed by atoms with van der Waals surface area (Å²) in [6.07, 6.45) is 0. The molecule has 0 spiro atoms. The molecular formula is C17H27ClN2O3. The van der Waals surface area contributed by atoms with Crippen LogP contribution in [0.4, 0.5) is 0 Å². The Morgan fingerprint density at radius 1 is 1.22 bits per heavy atom. The molecule has 1 aliphatic rings. The van der Waals surface area contributed by atoms with E-state index in [0.29, 0.717) is 23.1 Å². The number of halogens is 1. The van der Waals surface area contributed by atoms with Gasteiger partial charge in [0.1, 0.15) is 0 Å². The van der Waals surface area contributed by atoms with Crippen LogP contribution in [0.15, 0.2) is 12.1 Å². The smallest absolute Gasteiger partial charge is 0.179 e. The van der Waals surface area contributed by atoms with Gasteiger partial charge in [-0.15, -0.1) is 0 Å². The molecule has 1 fully saturated rings. The van der Waals surface area contributed by atoms with E-state index in [2.05, 4.69) is 16.7 Å². The van der Waals surface area contributed by atoms with Crippen LogP contribution in [0, 0.1) is 0 Å². The fourth-order valence-electron chi connectivity index (χ4n) is 3.04. The maximum Gasteiger partial charge on any atom is 0.179 e. The summed E-state index contributed by atoms with van der Waals surface area (Å²) in [4.78, 5) is 4.72. The Morgan fingerprint density at radius 3 is 2.43 bits per heavy atom. The van der Waals surface area contributed by atoms with Crippen molar-refractivity contribution in [1.29, 1.82) is 0 Å². The Morgan fingerprint density at radius 2 is 1.91 bits per heavy atom. The Balaban J connectivity index is 2.22. The summed E-state index contributed by atoms with van der Waals surface area (Å²) in [6.45, 7) is 9.66. The second-order valence-electron chi connectivity index (χ2n) is 5.64. The molecule has 1 unspecified atom stereocenters. The molecule has 0 aliphatic carbocycles. The minimum atomic E-state index is -0.0731. The Hall–Kier alpha value is -1.01. The van der Waals surface area contributed by atoms with E-state index in [0.717, 1.165) is 38.3 Å². The van der Waals surface area contributed by atoms with Gasteiger partial charge in [0, 0.05) is 26.2 Å². The fourth-order valence-corrected chi connectivity index (χ4v) is 3.31. The second kappa shape index (κ2) is 8.73. The molecule has 1 aromatic carbocycles. The molecule has 0 bridgehead atoms. The van der Waals surface area contributed by atoms with Crippen LogP contribution in [0.1, 0.15) is 25.5 Å². The molecule has 6 heteroatoms. The van der Waals surface area contributed by atoms with E-state index in [1.54, 1.807) is 7.11 Å². The molecule has 1 N–H and O–H groups in total. The van der Waals surface area contributed by atoms with Crippen molar-refractivity contribution in [3.63, 3.8) is 0 Å². The lowest BCUT2D eigenvalue weighted by Crippen LogP contribution is -2.48. The topological polar surface area (TPSA) is 45.2 Å². The number of aliphatic hydroxyl groups is 1. The van der Waals surface area contributed by atoms with Crippen molar-refractivity contribution in [2.75, 3.05) is 53.0 Å². The third-order valence-electron chi connectivity index (χ3n) is 4.39. The van der Waals surface area contributed by atoms with Crippen molar-refractivity contribution in [1.82, 2.24) is 9.80 Å². The van der Waals surface area contributed by atoms with Crippen LogP contribution >= 0.6 is 11.6 Å². The number of hydrogen-bond donors (Lipinski definition) is 1. The number of hydrogen-bond acceptors (Lipinski definition) is 5. The maximum atomic E-state index is 9.91. The zero-order valence-corrected chi connectivity index (χ0v) is 15.0. The van der Waals surface area contributed by atoms with Crippen LogP contribution in [0.3, 0.4) is 0 Å². The summed E-state index contributed by atoms with van der Waals surface area (Å²) in [7, 11) is 1.60. The number of benzene rings is 1. The fraction of sp³-hybridized carbons (Fsp3) is 0.647. The lowest BCUT2D eigenvalue weighted by Gasteiger charge is -2.38. The lowest BCUT2D eigenvalue weighted by atomic mass is 10.0. The van der Waals surface area contributed by atoms with Gasteiger partial charge < -0.3 is 19.5 Å². The molecule has 0 radical (unpaired) electrons. The van der Waals surface area contributed by atoms with E-state index in [1.807, 2.05) is 19.1 Å². The zero-order valence-electron chi connectivity index (χ0n) is 14.2. The highest BCUT2D eigenvalue weighted by molar-refractivity contribution is 6.32. The van der Waals surface area contributed by atoms with Crippen molar-refractivity contribution in [2.24, 2.45) is 0 Å². The average Bonchev–Trinajstić information content (AvgIpc) is 2.58. The SMILES string of the molecule is CCOc1c(Cl)cc(C(CO)N2CCN(CC)CC2)cc1OC. The van der Waals surface area contributed by atoms with Gasteiger partial charge in [0.15, 0.2) is 11.5 Å². The predicted molar refractivity (Wildman–Crippen MR) is 92.7 cm³/mol. The number of nitrogens with zero attached hydrogens (tertiary/aromatic N) is 2. The Bertz CT molecular complexity index is 505. The molecule has 1 saturated heterocycles. The monoisotopic (exact) mass is 342 g/mol. The largest absolute Gasteiger partial charge is 0.493 e. The molecule has 5 nitrogen and oxygen atoms in total. The number of likely N-dealkylation sites (N-methyl/N-ethyl adjacent to an activating group) is 1. The summed E-state index contributed by atoms with van der Waals surface area (Å²) < 4.78 is 11.0. The van der Waals surface area contributed by atoms with Gasteiger partial charge in [-0.25, -0.2) is 0 Å². The number of aliphatic hydroxyl groups excluding tert-OH is 1. The summed E-state index contributed by atoms with van der Waals surface area (Å²) in [5, 5.41) is 10.4. The van der Waals surface area contributed by atoms with Crippen LogP contribution < -0.4 is 9.47 Å². The first kappa shape index (κ1) is 18.3. The molecule has 1 aromatic rings. The first-order chi connectivity index (χ1) is 11.1. The minimum absolute atomic E-state index is 0.0551. The maximum absolute atomic E-state index is 9.91. The van der Waals surface area contributed by atoms with Crippen LogP contribution in [0.25, 0.3) is 0 Å². The Kier molecular flexibility index (Phi) is 6.96. The second-order valence-corrected chi connectivity index (χ2v) is 6.04. The summed E-state index contributed by atoms with van der Waals surface area (Å²) in [6, 6.07) is 3.72. The highest BCUT2D eigenvalue weighted by Crippen LogP contribution is 2.39. The standard InChI is InChI=1S/C17H27ClN2O3/c1-4-19-6-8-20(9-7-19)15(12-21)13-10-14(18)17(23-5-2)16(11-13)22-3/h10-11,15,21H,4-9,12H2,1-3H3. The molecule has 23 heavy (non-hydrogen) atoms. The molecule has 1 atom stereocenters. The molecule has 0 amide bonds. The van der Waals surface area contributed by atoms with Gasteiger partial charge in [-0.05, 0) is 31.2 Å². The molecule has 0 aromatic heterocycles. The first-order valence-corrected chi connectivity index (χ1v) is 8.59. The predicted octanol–water partition coefficient (Wildman–Crippen LogP) is 2.42.